The van der Waals surface area contributed by atoms with E-state index in [2.05, 4.69) is 4.98 Å². The normalized spacial score (nSPS) is 11.9. The van der Waals surface area contributed by atoms with Crippen LogP contribution < -0.4 is 0 Å². The second-order valence-electron chi connectivity index (χ2n) is 3.24. The van der Waals surface area contributed by atoms with E-state index < -0.39 is 39.9 Å². The Hall–Kier alpha value is -1.00. The van der Waals surface area contributed by atoms with E-state index in [9.17, 15) is 26.7 Å². The lowest BCUT2D eigenvalue weighted by Crippen LogP contribution is -2.16. The second-order valence-corrected chi connectivity index (χ2v) is 4.32. The van der Waals surface area contributed by atoms with Crippen molar-refractivity contribution in [3.63, 3.8) is 0 Å². The number of nitrogens with zero attached hydrogens (tertiary/aromatic N) is 1. The number of hydrogen-bond acceptors (Lipinski definition) is 2. The lowest BCUT2D eigenvalue weighted by atomic mass is 10.1. The molecule has 0 amide bonds. The van der Waals surface area contributed by atoms with Gasteiger partial charge in [0.25, 0.3) is 6.43 Å². The van der Waals surface area contributed by atoms with Crippen LogP contribution in [0.3, 0.4) is 0 Å². The van der Waals surface area contributed by atoms with Gasteiger partial charge in [-0.1, -0.05) is 0 Å². The van der Waals surface area contributed by atoms with Gasteiger partial charge >= 0.3 is 12.1 Å². The van der Waals surface area contributed by atoms with Crippen molar-refractivity contribution in [2.24, 2.45) is 0 Å². The van der Waals surface area contributed by atoms with Crippen molar-refractivity contribution in [2.45, 2.75) is 19.0 Å². The van der Waals surface area contributed by atoms with Crippen molar-refractivity contribution < 1.29 is 31.9 Å². The molecule has 3 nitrogen and oxygen atoms in total. The molecule has 0 fully saturated rings. The first-order chi connectivity index (χ1) is 8.12. The molecular formula is C9H5F5INO2. The molecule has 1 aromatic rings. The Labute approximate surface area is 111 Å². The van der Waals surface area contributed by atoms with Crippen LogP contribution in [0.1, 0.15) is 23.4 Å². The van der Waals surface area contributed by atoms with Crippen LogP contribution in [0.25, 0.3) is 0 Å². The summed E-state index contributed by atoms with van der Waals surface area (Å²) in [6.45, 7) is 0. The van der Waals surface area contributed by atoms with E-state index in [0.717, 1.165) is 0 Å². The van der Waals surface area contributed by atoms with Gasteiger partial charge in [0, 0.05) is 3.57 Å². The molecule has 0 aliphatic carbocycles. The minimum atomic E-state index is -4.91. The maximum atomic E-state index is 12.5. The van der Waals surface area contributed by atoms with Gasteiger partial charge < -0.3 is 5.11 Å². The molecule has 1 N–H and O–H groups in total. The maximum absolute atomic E-state index is 12.5. The third-order valence-electron chi connectivity index (χ3n) is 1.89. The standard InChI is InChI=1S/C9H5F5INO2/c10-8(11)4-1-3(2-5(17)18)6(15)7(16-4)9(12,13)14/h1,8H,2H2,(H,17,18). The smallest absolute Gasteiger partial charge is 0.434 e. The van der Waals surface area contributed by atoms with E-state index in [0.29, 0.717) is 6.07 Å². The van der Waals surface area contributed by atoms with Gasteiger partial charge in [0.05, 0.1) is 6.42 Å². The molecule has 0 aliphatic heterocycles. The molecule has 0 unspecified atom stereocenters. The molecule has 1 heterocycles. The summed E-state index contributed by atoms with van der Waals surface area (Å²) in [6.07, 6.45) is -8.88. The Balaban J connectivity index is 3.43. The summed E-state index contributed by atoms with van der Waals surface area (Å²) < 4.78 is 62.0. The number of carboxylic acid groups (broad SMARTS) is 1. The van der Waals surface area contributed by atoms with Crippen LogP contribution in [-0.4, -0.2) is 16.1 Å². The summed E-state index contributed by atoms with van der Waals surface area (Å²) in [5.74, 6) is -1.41. The molecule has 100 valence electrons. The van der Waals surface area contributed by atoms with Crippen LogP contribution in [0.4, 0.5) is 22.0 Å². The molecule has 9 heteroatoms. The fraction of sp³-hybridized carbons (Fsp3) is 0.333. The van der Waals surface area contributed by atoms with E-state index >= 15 is 0 Å². The van der Waals surface area contributed by atoms with Gasteiger partial charge in [0.1, 0.15) is 5.69 Å². The number of halogens is 6. The monoisotopic (exact) mass is 381 g/mol. The molecule has 1 aromatic heterocycles. The van der Waals surface area contributed by atoms with E-state index in [4.69, 9.17) is 5.11 Å². The highest BCUT2D eigenvalue weighted by molar-refractivity contribution is 14.1. The van der Waals surface area contributed by atoms with Gasteiger partial charge in [0.15, 0.2) is 5.69 Å². The molecule has 0 spiro atoms. The van der Waals surface area contributed by atoms with E-state index in [1.807, 2.05) is 0 Å². The van der Waals surface area contributed by atoms with Crippen LogP contribution in [0.2, 0.25) is 0 Å². The summed E-state index contributed by atoms with van der Waals surface area (Å²) in [5.41, 5.74) is -2.91. The Morgan fingerprint density at radius 2 is 2.00 bits per heavy atom. The molecule has 0 saturated heterocycles. The van der Waals surface area contributed by atoms with Gasteiger partial charge in [0.2, 0.25) is 0 Å². The molecule has 0 atom stereocenters. The molecule has 0 saturated carbocycles. The summed E-state index contributed by atoms with van der Waals surface area (Å²) >= 11 is 1.25. The van der Waals surface area contributed by atoms with Gasteiger partial charge in [-0.15, -0.1) is 0 Å². The molecule has 0 aliphatic rings. The number of aliphatic carboxylic acids is 1. The van der Waals surface area contributed by atoms with Crippen LogP contribution in [0.5, 0.6) is 0 Å². The first-order valence-corrected chi connectivity index (χ1v) is 5.47. The number of carboxylic acids is 1. The number of pyridine rings is 1. The fourth-order valence-corrected chi connectivity index (χ4v) is 1.97. The first kappa shape index (κ1) is 15.1. The summed E-state index contributed by atoms with van der Waals surface area (Å²) in [4.78, 5) is 13.3. The molecule has 18 heavy (non-hydrogen) atoms. The number of carbonyl (C=O) groups is 1. The molecule has 0 bridgehead atoms. The van der Waals surface area contributed by atoms with Crippen LogP contribution in [0, 0.1) is 3.57 Å². The number of alkyl halides is 5. The van der Waals surface area contributed by atoms with Crippen molar-refractivity contribution in [3.8, 4) is 0 Å². The average Bonchev–Trinajstić information content (AvgIpc) is 2.18. The van der Waals surface area contributed by atoms with Gasteiger partial charge in [-0.3, -0.25) is 4.79 Å². The van der Waals surface area contributed by atoms with Gasteiger partial charge in [-0.05, 0) is 34.2 Å². The Morgan fingerprint density at radius 3 is 2.39 bits per heavy atom. The van der Waals surface area contributed by atoms with E-state index in [-0.39, 0.29) is 5.56 Å². The van der Waals surface area contributed by atoms with Gasteiger partial charge in [-0.2, -0.15) is 13.2 Å². The topological polar surface area (TPSA) is 50.2 Å². The number of aromatic nitrogens is 1. The fourth-order valence-electron chi connectivity index (χ4n) is 1.20. The average molecular weight is 381 g/mol. The van der Waals surface area contributed by atoms with Crippen molar-refractivity contribution in [1.29, 1.82) is 0 Å². The van der Waals surface area contributed by atoms with Crippen molar-refractivity contribution in [1.82, 2.24) is 4.98 Å². The maximum Gasteiger partial charge on any atom is 0.434 e. The van der Waals surface area contributed by atoms with E-state index in [1.54, 1.807) is 0 Å². The Bertz CT molecular complexity index is 475. The minimum absolute atomic E-state index is 0.333. The SMILES string of the molecule is O=C(O)Cc1cc(C(F)F)nc(C(F)(F)F)c1I. The lowest BCUT2D eigenvalue weighted by Gasteiger charge is -2.13. The zero-order valence-corrected chi connectivity index (χ0v) is 10.6. The van der Waals surface area contributed by atoms with Crippen molar-refractivity contribution >= 4 is 28.6 Å². The Kier molecular flexibility index (Phi) is 4.46. The highest BCUT2D eigenvalue weighted by Crippen LogP contribution is 2.34. The number of hydrogen-bond donors (Lipinski definition) is 1. The third-order valence-corrected chi connectivity index (χ3v) is 3.09. The quantitative estimate of drug-likeness (QED) is 0.646. The molecular weight excluding hydrogens is 376 g/mol. The summed E-state index contributed by atoms with van der Waals surface area (Å²) in [6, 6.07) is 0.676. The largest absolute Gasteiger partial charge is 0.481 e. The summed E-state index contributed by atoms with van der Waals surface area (Å²) in [7, 11) is 0. The van der Waals surface area contributed by atoms with E-state index in [1.165, 1.54) is 22.6 Å². The third kappa shape index (κ3) is 3.50. The minimum Gasteiger partial charge on any atom is -0.481 e. The molecule has 1 rings (SSSR count). The molecule has 0 aromatic carbocycles. The van der Waals surface area contributed by atoms with Gasteiger partial charge in [-0.25, -0.2) is 13.8 Å². The number of rotatable bonds is 3. The zero-order chi connectivity index (χ0) is 14.1. The first-order valence-electron chi connectivity index (χ1n) is 4.39. The van der Waals surface area contributed by atoms with Crippen molar-refractivity contribution in [3.05, 3.63) is 26.6 Å². The van der Waals surface area contributed by atoms with Crippen LogP contribution in [0.15, 0.2) is 6.07 Å². The zero-order valence-electron chi connectivity index (χ0n) is 8.43. The summed E-state index contributed by atoms with van der Waals surface area (Å²) in [5, 5.41) is 8.52. The van der Waals surface area contributed by atoms with Crippen molar-refractivity contribution in [2.75, 3.05) is 0 Å². The highest BCUT2D eigenvalue weighted by Gasteiger charge is 2.37. The van der Waals surface area contributed by atoms with Crippen LogP contribution >= 0.6 is 22.6 Å². The Morgan fingerprint density at radius 1 is 1.44 bits per heavy atom. The highest BCUT2D eigenvalue weighted by atomic mass is 127. The van der Waals surface area contributed by atoms with Crippen LogP contribution in [-0.2, 0) is 17.4 Å². The molecule has 0 radical (unpaired) electrons. The predicted molar refractivity (Wildman–Crippen MR) is 58.3 cm³/mol. The second kappa shape index (κ2) is 5.33. The predicted octanol–water partition coefficient (Wildman–Crippen LogP) is 3.27. The lowest BCUT2D eigenvalue weighted by molar-refractivity contribution is -0.142.